The maximum Gasteiger partial charge on any atom is 0.179 e. The molecule has 0 aliphatic carbocycles. The second kappa shape index (κ2) is 10.9. The summed E-state index contributed by atoms with van der Waals surface area (Å²) in [6.45, 7) is 19.0. The lowest BCUT2D eigenvalue weighted by Gasteiger charge is -2.33. The van der Waals surface area contributed by atoms with Crippen molar-refractivity contribution in [1.29, 1.82) is 0 Å². The molecule has 3 aromatic rings. The van der Waals surface area contributed by atoms with Gasteiger partial charge in [0.1, 0.15) is 6.33 Å². The van der Waals surface area contributed by atoms with Crippen LogP contribution in [0.3, 0.4) is 0 Å². The summed E-state index contributed by atoms with van der Waals surface area (Å²) in [5.74, 6) is 1.08. The molecule has 1 aliphatic heterocycles. The first-order valence-corrected chi connectivity index (χ1v) is 13.6. The number of benzene rings is 1. The van der Waals surface area contributed by atoms with Crippen molar-refractivity contribution < 1.29 is 5.11 Å². The molecular weight excluding hydrogens is 444 g/mol. The quantitative estimate of drug-likeness (QED) is 0.335. The van der Waals surface area contributed by atoms with E-state index in [1.165, 1.54) is 44.5 Å². The van der Waals surface area contributed by atoms with E-state index < -0.39 is 0 Å². The Morgan fingerprint density at radius 2 is 1.86 bits per heavy atom. The first kappa shape index (κ1) is 26.0. The minimum atomic E-state index is 0.193. The van der Waals surface area contributed by atoms with E-state index in [9.17, 15) is 5.11 Å². The Kier molecular flexibility index (Phi) is 7.87. The molecule has 4 rings (SSSR count). The van der Waals surface area contributed by atoms with Crippen molar-refractivity contribution in [2.45, 2.75) is 79.6 Å². The van der Waals surface area contributed by atoms with Crippen LogP contribution in [0.2, 0.25) is 0 Å². The van der Waals surface area contributed by atoms with Crippen LogP contribution < -0.4 is 0 Å². The fraction of sp³-hybridized carbons (Fsp3) is 0.484. The van der Waals surface area contributed by atoms with Crippen molar-refractivity contribution in [3.63, 3.8) is 0 Å². The Balaban J connectivity index is 1.87. The molecule has 1 aliphatic rings. The fourth-order valence-corrected chi connectivity index (χ4v) is 6.01. The average molecular weight is 487 g/mol. The van der Waals surface area contributed by atoms with Crippen LogP contribution in [0.25, 0.3) is 16.8 Å². The first-order chi connectivity index (χ1) is 17.3. The minimum Gasteiger partial charge on any atom is -0.495 e. The number of aliphatic hydroxyl groups is 1. The Morgan fingerprint density at radius 3 is 2.47 bits per heavy atom. The molecule has 1 aromatic carbocycles. The van der Waals surface area contributed by atoms with E-state index >= 15 is 0 Å². The summed E-state index contributed by atoms with van der Waals surface area (Å²) in [5.41, 5.74) is 11.9. The zero-order valence-electron chi connectivity index (χ0n) is 22.9. The fourth-order valence-electron chi connectivity index (χ4n) is 6.01. The topological polar surface area (TPSA) is 53.7 Å². The Morgan fingerprint density at radius 1 is 1.14 bits per heavy atom. The molecule has 3 heterocycles. The second-order valence-electron chi connectivity index (χ2n) is 10.6. The highest BCUT2D eigenvalue weighted by molar-refractivity contribution is 5.93. The SMILES string of the molecule is C=C(O)N1CCC(c2ccc(C)c(/C(=C(\CCC)c3cn4ncnc4c(C)c3CC)C(C)C)c2)CC1. The zero-order valence-corrected chi connectivity index (χ0v) is 22.9. The van der Waals surface area contributed by atoms with Gasteiger partial charge in [-0.15, -0.1) is 0 Å². The number of hydrogen-bond acceptors (Lipinski definition) is 4. The van der Waals surface area contributed by atoms with Gasteiger partial charge in [0, 0.05) is 19.3 Å². The van der Waals surface area contributed by atoms with Gasteiger partial charge in [-0.2, -0.15) is 5.10 Å². The van der Waals surface area contributed by atoms with Gasteiger partial charge >= 0.3 is 0 Å². The molecule has 5 heteroatoms. The van der Waals surface area contributed by atoms with Gasteiger partial charge in [0.25, 0.3) is 0 Å². The van der Waals surface area contributed by atoms with E-state index in [0.29, 0.717) is 11.8 Å². The number of aliphatic hydroxyl groups excluding tert-OH is 1. The number of hydrogen-bond donors (Lipinski definition) is 1. The van der Waals surface area contributed by atoms with Crippen molar-refractivity contribution in [3.05, 3.63) is 76.6 Å². The smallest absolute Gasteiger partial charge is 0.179 e. The molecule has 0 unspecified atom stereocenters. The lowest BCUT2D eigenvalue weighted by Crippen LogP contribution is -2.31. The van der Waals surface area contributed by atoms with Gasteiger partial charge < -0.3 is 10.0 Å². The Bertz CT molecular complexity index is 1280. The van der Waals surface area contributed by atoms with Crippen molar-refractivity contribution in [3.8, 4) is 0 Å². The molecule has 192 valence electrons. The molecule has 0 spiro atoms. The number of aromatic nitrogens is 3. The number of aryl methyl sites for hydroxylation is 2. The van der Waals surface area contributed by atoms with Crippen LogP contribution in [0.1, 0.15) is 92.7 Å². The van der Waals surface area contributed by atoms with Crippen LogP contribution in [0.15, 0.2) is 43.2 Å². The van der Waals surface area contributed by atoms with Crippen molar-refractivity contribution in [1.82, 2.24) is 19.5 Å². The number of pyridine rings is 1. The van der Waals surface area contributed by atoms with E-state index in [0.717, 1.165) is 50.8 Å². The van der Waals surface area contributed by atoms with E-state index in [1.807, 2.05) is 9.42 Å². The molecule has 36 heavy (non-hydrogen) atoms. The van der Waals surface area contributed by atoms with Crippen molar-refractivity contribution in [2.24, 2.45) is 5.92 Å². The molecule has 0 saturated carbocycles. The minimum absolute atomic E-state index is 0.193. The highest BCUT2D eigenvalue weighted by Gasteiger charge is 2.24. The van der Waals surface area contributed by atoms with Crippen LogP contribution in [-0.2, 0) is 6.42 Å². The summed E-state index contributed by atoms with van der Waals surface area (Å²) in [6.07, 6.45) is 9.02. The molecule has 1 N–H and O–H groups in total. The Hall–Kier alpha value is -3.08. The monoisotopic (exact) mass is 486 g/mol. The van der Waals surface area contributed by atoms with E-state index in [4.69, 9.17) is 0 Å². The normalized spacial score (nSPS) is 15.6. The van der Waals surface area contributed by atoms with Crippen molar-refractivity contribution in [2.75, 3.05) is 13.1 Å². The summed E-state index contributed by atoms with van der Waals surface area (Å²) in [7, 11) is 0. The second-order valence-corrected chi connectivity index (χ2v) is 10.6. The van der Waals surface area contributed by atoms with Crippen LogP contribution in [0, 0.1) is 19.8 Å². The number of nitrogens with zero attached hydrogens (tertiary/aromatic N) is 4. The molecule has 0 atom stereocenters. The van der Waals surface area contributed by atoms with Gasteiger partial charge in [0.05, 0.1) is 0 Å². The lowest BCUT2D eigenvalue weighted by atomic mass is 9.80. The zero-order chi connectivity index (χ0) is 26.0. The van der Waals surface area contributed by atoms with Crippen LogP contribution in [0.4, 0.5) is 0 Å². The summed E-state index contributed by atoms with van der Waals surface area (Å²) < 4.78 is 1.95. The van der Waals surface area contributed by atoms with Crippen LogP contribution >= 0.6 is 0 Å². The average Bonchev–Trinajstić information content (AvgIpc) is 3.34. The highest BCUT2D eigenvalue weighted by Crippen LogP contribution is 2.40. The Labute approximate surface area is 216 Å². The predicted octanol–water partition coefficient (Wildman–Crippen LogP) is 7.48. The van der Waals surface area contributed by atoms with E-state index in [2.05, 4.69) is 82.6 Å². The van der Waals surface area contributed by atoms with Gasteiger partial charge in [-0.25, -0.2) is 9.50 Å². The molecule has 0 amide bonds. The van der Waals surface area contributed by atoms with E-state index in [1.54, 1.807) is 6.33 Å². The van der Waals surface area contributed by atoms with Crippen LogP contribution in [0.5, 0.6) is 0 Å². The van der Waals surface area contributed by atoms with Gasteiger partial charge in [0.2, 0.25) is 0 Å². The highest BCUT2D eigenvalue weighted by atomic mass is 16.3. The molecule has 1 saturated heterocycles. The van der Waals surface area contributed by atoms with Gasteiger partial charge in [-0.05, 0) is 102 Å². The number of allylic oxidation sites excluding steroid dienone is 2. The first-order valence-electron chi connectivity index (χ1n) is 13.6. The molecule has 0 bridgehead atoms. The summed E-state index contributed by atoms with van der Waals surface area (Å²) in [6, 6.07) is 7.08. The largest absolute Gasteiger partial charge is 0.495 e. The third kappa shape index (κ3) is 4.93. The third-order valence-electron chi connectivity index (χ3n) is 7.90. The lowest BCUT2D eigenvalue weighted by molar-refractivity contribution is 0.167. The van der Waals surface area contributed by atoms with Crippen LogP contribution in [-0.4, -0.2) is 37.7 Å². The van der Waals surface area contributed by atoms with E-state index in [-0.39, 0.29) is 5.88 Å². The summed E-state index contributed by atoms with van der Waals surface area (Å²) in [4.78, 5) is 6.50. The maximum atomic E-state index is 9.80. The maximum absolute atomic E-state index is 9.80. The molecule has 2 aromatic heterocycles. The number of fused-ring (bicyclic) bond motifs is 1. The number of rotatable bonds is 8. The van der Waals surface area contributed by atoms with Gasteiger partial charge in [-0.3, -0.25) is 0 Å². The molecule has 1 fully saturated rings. The summed E-state index contributed by atoms with van der Waals surface area (Å²) in [5, 5.41) is 14.3. The number of likely N-dealkylation sites (tertiary alicyclic amines) is 1. The predicted molar refractivity (Wildman–Crippen MR) is 150 cm³/mol. The van der Waals surface area contributed by atoms with Crippen molar-refractivity contribution >= 4 is 16.8 Å². The van der Waals surface area contributed by atoms with Gasteiger partial charge in [0.15, 0.2) is 11.5 Å². The standard InChI is InChI=1S/C31H42N4O/c1-8-10-27(29-18-35-31(32-19-33-35)22(6)26(29)9-2)30(20(3)4)28-17-25(12-11-21(28)5)24-13-15-34(16-14-24)23(7)36/h11-12,17-20,24,36H,7-10,13-16H2,1-6H3/b30-27+. The third-order valence-corrected chi connectivity index (χ3v) is 7.90. The summed E-state index contributed by atoms with van der Waals surface area (Å²) >= 11 is 0. The molecular formula is C31H42N4O. The number of piperidine rings is 1. The van der Waals surface area contributed by atoms with Gasteiger partial charge in [-0.1, -0.05) is 52.3 Å². The molecule has 0 radical (unpaired) electrons. The molecule has 5 nitrogen and oxygen atoms in total.